The molecule has 29 heavy (non-hydrogen) atoms. The molecule has 4 rings (SSSR count). The topological polar surface area (TPSA) is 67.2 Å². The first-order chi connectivity index (χ1) is 14.2. The number of rotatable bonds is 5. The molecule has 1 aliphatic heterocycles. The zero-order chi connectivity index (χ0) is 20.1. The number of para-hydroxylation sites is 1. The monoisotopic (exact) mass is 388 g/mol. The molecule has 0 atom stereocenters. The number of piperidine rings is 1. The molecule has 148 valence electrons. The third-order valence-electron chi connectivity index (χ3n) is 5.35. The lowest BCUT2D eigenvalue weighted by Crippen LogP contribution is -2.43. The second-order valence-electron chi connectivity index (χ2n) is 7.25. The lowest BCUT2D eigenvalue weighted by atomic mass is 9.95. The summed E-state index contributed by atoms with van der Waals surface area (Å²) in [7, 11) is 0. The number of amides is 2. The quantitative estimate of drug-likeness (QED) is 0.731. The van der Waals surface area contributed by atoms with E-state index in [9.17, 15) is 9.59 Å². The van der Waals surface area contributed by atoms with Crippen LogP contribution in [0.15, 0.2) is 73.2 Å². The Balaban J connectivity index is 1.34. The third-order valence-corrected chi connectivity index (χ3v) is 5.35. The van der Waals surface area contributed by atoms with Crippen LogP contribution in [0.3, 0.4) is 0 Å². The number of imidazole rings is 1. The highest BCUT2D eigenvalue weighted by atomic mass is 16.2. The molecule has 3 aromatic rings. The maximum atomic E-state index is 13.0. The van der Waals surface area contributed by atoms with Gasteiger partial charge in [0.15, 0.2) is 0 Å². The molecule has 0 bridgehead atoms. The summed E-state index contributed by atoms with van der Waals surface area (Å²) in [6, 6.07) is 19.6. The van der Waals surface area contributed by atoms with Gasteiger partial charge in [-0.1, -0.05) is 48.5 Å². The van der Waals surface area contributed by atoms with E-state index in [0.717, 1.165) is 11.3 Å². The number of hydrogen-bond donors (Lipinski definition) is 1. The van der Waals surface area contributed by atoms with Gasteiger partial charge >= 0.3 is 0 Å². The van der Waals surface area contributed by atoms with Gasteiger partial charge in [-0.25, -0.2) is 4.98 Å². The van der Waals surface area contributed by atoms with Crippen molar-refractivity contribution in [1.82, 2.24) is 19.8 Å². The molecule has 0 unspecified atom stereocenters. The molecule has 1 aliphatic rings. The molecule has 6 heteroatoms. The summed E-state index contributed by atoms with van der Waals surface area (Å²) in [6.45, 7) is 1.68. The summed E-state index contributed by atoms with van der Waals surface area (Å²) in [5, 5.41) is 3.01. The van der Waals surface area contributed by atoms with Crippen LogP contribution in [0.4, 0.5) is 0 Å². The summed E-state index contributed by atoms with van der Waals surface area (Å²) < 4.78 is 1.81. The van der Waals surface area contributed by atoms with Gasteiger partial charge in [-0.05, 0) is 30.5 Å². The molecule has 0 saturated carbocycles. The maximum absolute atomic E-state index is 13.0. The van der Waals surface area contributed by atoms with Crippen LogP contribution >= 0.6 is 0 Å². The van der Waals surface area contributed by atoms with E-state index < -0.39 is 0 Å². The standard InChI is InChI=1S/C23H24N4O2/c28-22(25-15-18-7-3-1-4-8-18)19-11-13-26(14-12-19)23(29)21-16-24-17-27(21)20-9-5-2-6-10-20/h1-10,16-17,19H,11-15H2,(H,25,28). The van der Waals surface area contributed by atoms with Crippen LogP contribution in [0.2, 0.25) is 0 Å². The number of likely N-dealkylation sites (tertiary alicyclic amines) is 1. The molecule has 0 radical (unpaired) electrons. The van der Waals surface area contributed by atoms with Gasteiger partial charge in [-0.15, -0.1) is 0 Å². The second-order valence-corrected chi connectivity index (χ2v) is 7.25. The highest BCUT2D eigenvalue weighted by Gasteiger charge is 2.29. The molecule has 2 heterocycles. The van der Waals surface area contributed by atoms with Gasteiger partial charge < -0.3 is 10.2 Å². The number of carbonyl (C=O) groups excluding carboxylic acids is 2. The van der Waals surface area contributed by atoms with Crippen molar-refractivity contribution in [2.45, 2.75) is 19.4 Å². The minimum absolute atomic E-state index is 0.0468. The van der Waals surface area contributed by atoms with Gasteiger partial charge in [0, 0.05) is 31.2 Å². The Hall–Kier alpha value is -3.41. The summed E-state index contributed by atoms with van der Waals surface area (Å²) in [5.41, 5.74) is 2.54. The minimum atomic E-state index is -0.0539. The van der Waals surface area contributed by atoms with E-state index >= 15 is 0 Å². The number of nitrogens with zero attached hydrogens (tertiary/aromatic N) is 3. The average Bonchev–Trinajstić information content (AvgIpc) is 3.28. The molecule has 0 spiro atoms. The lowest BCUT2D eigenvalue weighted by molar-refractivity contribution is -0.126. The van der Waals surface area contributed by atoms with E-state index in [4.69, 9.17) is 0 Å². The second kappa shape index (κ2) is 8.73. The first-order valence-corrected chi connectivity index (χ1v) is 9.91. The Morgan fingerprint density at radius 2 is 1.62 bits per heavy atom. The normalized spacial score (nSPS) is 14.6. The highest BCUT2D eigenvalue weighted by Crippen LogP contribution is 2.20. The number of carbonyl (C=O) groups is 2. The van der Waals surface area contributed by atoms with Crippen molar-refractivity contribution in [3.63, 3.8) is 0 Å². The van der Waals surface area contributed by atoms with Crippen molar-refractivity contribution < 1.29 is 9.59 Å². The summed E-state index contributed by atoms with van der Waals surface area (Å²) in [6.07, 6.45) is 4.61. The Kier molecular flexibility index (Phi) is 5.70. The van der Waals surface area contributed by atoms with Crippen LogP contribution in [0.5, 0.6) is 0 Å². The maximum Gasteiger partial charge on any atom is 0.272 e. The Labute approximate surface area is 170 Å². The molecule has 6 nitrogen and oxygen atoms in total. The summed E-state index contributed by atoms with van der Waals surface area (Å²) >= 11 is 0. The Morgan fingerprint density at radius 3 is 2.31 bits per heavy atom. The largest absolute Gasteiger partial charge is 0.352 e. The van der Waals surface area contributed by atoms with E-state index in [2.05, 4.69) is 10.3 Å². The van der Waals surface area contributed by atoms with E-state index in [-0.39, 0.29) is 17.7 Å². The van der Waals surface area contributed by atoms with Crippen LogP contribution in [-0.2, 0) is 11.3 Å². The fourth-order valence-corrected chi connectivity index (χ4v) is 3.68. The number of nitrogens with one attached hydrogen (secondary N) is 1. The lowest BCUT2D eigenvalue weighted by Gasteiger charge is -2.31. The molecule has 2 amide bonds. The Bertz CT molecular complexity index is 961. The molecule has 0 aliphatic carbocycles. The highest BCUT2D eigenvalue weighted by molar-refractivity contribution is 5.93. The fraction of sp³-hybridized carbons (Fsp3) is 0.261. The summed E-state index contributed by atoms with van der Waals surface area (Å²) in [5.74, 6) is -0.0356. The van der Waals surface area contributed by atoms with Crippen molar-refractivity contribution in [2.24, 2.45) is 5.92 Å². The van der Waals surface area contributed by atoms with Crippen LogP contribution in [0, 0.1) is 5.92 Å². The SMILES string of the molecule is O=C(NCc1ccccc1)C1CCN(C(=O)c2cncn2-c2ccccc2)CC1. The molecule has 1 aromatic heterocycles. The predicted octanol–water partition coefficient (Wildman–Crippen LogP) is 3.04. The van der Waals surface area contributed by atoms with Crippen molar-refractivity contribution in [1.29, 1.82) is 0 Å². The molecule has 1 N–H and O–H groups in total. The first-order valence-electron chi connectivity index (χ1n) is 9.91. The minimum Gasteiger partial charge on any atom is -0.352 e. The first kappa shape index (κ1) is 18.9. The van der Waals surface area contributed by atoms with Crippen LogP contribution < -0.4 is 5.32 Å². The van der Waals surface area contributed by atoms with Gasteiger partial charge in [-0.3, -0.25) is 14.2 Å². The molecular formula is C23H24N4O2. The van der Waals surface area contributed by atoms with Crippen molar-refractivity contribution >= 4 is 11.8 Å². The van der Waals surface area contributed by atoms with E-state index in [1.807, 2.05) is 65.6 Å². The zero-order valence-corrected chi connectivity index (χ0v) is 16.2. The fourth-order valence-electron chi connectivity index (χ4n) is 3.68. The average molecular weight is 388 g/mol. The van der Waals surface area contributed by atoms with Gasteiger partial charge in [0.05, 0.1) is 12.5 Å². The van der Waals surface area contributed by atoms with Crippen molar-refractivity contribution in [3.05, 3.63) is 84.4 Å². The van der Waals surface area contributed by atoms with Gasteiger partial charge in [0.2, 0.25) is 5.91 Å². The predicted molar refractivity (Wildman–Crippen MR) is 110 cm³/mol. The van der Waals surface area contributed by atoms with Crippen LogP contribution in [-0.4, -0.2) is 39.4 Å². The molecule has 2 aromatic carbocycles. The smallest absolute Gasteiger partial charge is 0.272 e. The van der Waals surface area contributed by atoms with Gasteiger partial charge in [-0.2, -0.15) is 0 Å². The van der Waals surface area contributed by atoms with E-state index in [1.54, 1.807) is 17.1 Å². The van der Waals surface area contributed by atoms with E-state index in [1.165, 1.54) is 0 Å². The van der Waals surface area contributed by atoms with Gasteiger partial charge in [0.1, 0.15) is 5.69 Å². The molecule has 1 saturated heterocycles. The van der Waals surface area contributed by atoms with Crippen molar-refractivity contribution in [2.75, 3.05) is 13.1 Å². The van der Waals surface area contributed by atoms with Crippen LogP contribution in [0.25, 0.3) is 5.69 Å². The van der Waals surface area contributed by atoms with E-state index in [0.29, 0.717) is 38.2 Å². The van der Waals surface area contributed by atoms with Gasteiger partial charge in [0.25, 0.3) is 5.91 Å². The molecule has 1 fully saturated rings. The zero-order valence-electron chi connectivity index (χ0n) is 16.2. The Morgan fingerprint density at radius 1 is 0.966 bits per heavy atom. The number of aromatic nitrogens is 2. The van der Waals surface area contributed by atoms with Crippen LogP contribution in [0.1, 0.15) is 28.9 Å². The molecular weight excluding hydrogens is 364 g/mol. The summed E-state index contributed by atoms with van der Waals surface area (Å²) in [4.78, 5) is 31.5. The number of hydrogen-bond acceptors (Lipinski definition) is 3. The van der Waals surface area contributed by atoms with Crippen molar-refractivity contribution in [3.8, 4) is 5.69 Å². The number of benzene rings is 2. The third kappa shape index (κ3) is 4.37.